The second-order valence-corrected chi connectivity index (χ2v) is 9.28. The van der Waals surface area contributed by atoms with E-state index in [4.69, 9.17) is 5.73 Å². The van der Waals surface area contributed by atoms with E-state index in [-0.39, 0.29) is 17.9 Å². The van der Waals surface area contributed by atoms with Crippen LogP contribution in [0, 0.1) is 11.8 Å². The molecule has 0 radical (unpaired) electrons. The number of carboxylic acids is 1. The molecule has 7 heteroatoms. The highest BCUT2D eigenvalue weighted by molar-refractivity contribution is 7.98. The van der Waals surface area contributed by atoms with Crippen molar-refractivity contribution in [1.82, 2.24) is 5.32 Å². The number of allylic oxidation sites excluding steroid dienone is 1. The zero-order valence-corrected chi connectivity index (χ0v) is 20.4. The lowest BCUT2D eigenvalue weighted by Crippen LogP contribution is -2.44. The Kier molecular flexibility index (Phi) is 14.4. The topological polar surface area (TPSA) is 92.4 Å². The van der Waals surface area contributed by atoms with Gasteiger partial charge in [0.1, 0.15) is 6.04 Å². The fourth-order valence-electron chi connectivity index (χ4n) is 3.49. The van der Waals surface area contributed by atoms with E-state index in [0.29, 0.717) is 36.7 Å². The summed E-state index contributed by atoms with van der Waals surface area (Å²) >= 11 is 5.81. The molecule has 0 aliphatic carbocycles. The number of carbonyl (C=O) groups is 2. The quantitative estimate of drug-likeness (QED) is 0.217. The number of amides is 1. The van der Waals surface area contributed by atoms with Crippen molar-refractivity contribution in [3.05, 3.63) is 48.0 Å². The van der Waals surface area contributed by atoms with Crippen LogP contribution in [0.15, 0.2) is 42.5 Å². The summed E-state index contributed by atoms with van der Waals surface area (Å²) in [6, 6.07) is 8.98. The van der Waals surface area contributed by atoms with Crippen LogP contribution in [0.5, 0.6) is 0 Å². The molecule has 31 heavy (non-hydrogen) atoms. The molecule has 0 spiro atoms. The molecule has 0 aromatic heterocycles. The molecule has 4 unspecified atom stereocenters. The van der Waals surface area contributed by atoms with Gasteiger partial charge in [0.2, 0.25) is 5.91 Å². The SMILES string of the molecule is CCCC(C=CC(N)CS)CCC(Cc1ccccc1)C(=O)NC(CCSC)C(=O)O. The second kappa shape index (κ2) is 16.2. The fraction of sp³-hybridized carbons (Fsp3) is 0.583. The van der Waals surface area contributed by atoms with Gasteiger partial charge in [0, 0.05) is 17.7 Å². The maximum atomic E-state index is 13.1. The zero-order valence-electron chi connectivity index (χ0n) is 18.7. The number of carbonyl (C=O) groups excluding carboxylic acids is 1. The molecule has 0 heterocycles. The molecule has 0 fully saturated rings. The van der Waals surface area contributed by atoms with Crippen LogP contribution in [0.2, 0.25) is 0 Å². The van der Waals surface area contributed by atoms with Crippen molar-refractivity contribution in [2.75, 3.05) is 17.8 Å². The summed E-state index contributed by atoms with van der Waals surface area (Å²) in [6.45, 7) is 2.15. The third-order valence-corrected chi connectivity index (χ3v) is 6.37. The molecule has 1 aromatic rings. The molecule has 1 rings (SSSR count). The van der Waals surface area contributed by atoms with Crippen LogP contribution >= 0.6 is 24.4 Å². The van der Waals surface area contributed by atoms with Crippen molar-refractivity contribution in [3.8, 4) is 0 Å². The number of hydrogen-bond donors (Lipinski definition) is 4. The average Bonchev–Trinajstić information content (AvgIpc) is 2.77. The largest absolute Gasteiger partial charge is 0.480 e. The number of nitrogens with two attached hydrogens (primary N) is 1. The maximum absolute atomic E-state index is 13.1. The lowest BCUT2D eigenvalue weighted by atomic mass is 9.88. The molecule has 0 saturated heterocycles. The highest BCUT2D eigenvalue weighted by atomic mass is 32.2. The van der Waals surface area contributed by atoms with Crippen LogP contribution in [-0.2, 0) is 16.0 Å². The lowest BCUT2D eigenvalue weighted by Gasteiger charge is -2.22. The summed E-state index contributed by atoms with van der Waals surface area (Å²) in [6.07, 6.45) is 10.7. The smallest absolute Gasteiger partial charge is 0.326 e. The summed E-state index contributed by atoms with van der Waals surface area (Å²) in [5.41, 5.74) is 7.04. The van der Waals surface area contributed by atoms with Gasteiger partial charge >= 0.3 is 5.97 Å². The Morgan fingerprint density at radius 3 is 2.45 bits per heavy atom. The fourth-order valence-corrected chi connectivity index (χ4v) is 4.08. The summed E-state index contributed by atoms with van der Waals surface area (Å²) in [7, 11) is 0. The number of nitrogens with one attached hydrogen (secondary N) is 1. The van der Waals surface area contributed by atoms with E-state index in [2.05, 4.69) is 30.9 Å². The summed E-state index contributed by atoms with van der Waals surface area (Å²) in [5, 5.41) is 12.3. The third kappa shape index (κ3) is 11.7. The number of hydrogen-bond acceptors (Lipinski definition) is 5. The zero-order chi connectivity index (χ0) is 23.1. The Balaban J connectivity index is 2.89. The minimum Gasteiger partial charge on any atom is -0.480 e. The van der Waals surface area contributed by atoms with Crippen LogP contribution < -0.4 is 11.1 Å². The van der Waals surface area contributed by atoms with Gasteiger partial charge in [-0.1, -0.05) is 55.8 Å². The Hall–Kier alpha value is -1.44. The molecule has 174 valence electrons. The Morgan fingerprint density at radius 1 is 1.16 bits per heavy atom. The summed E-state index contributed by atoms with van der Waals surface area (Å²) < 4.78 is 0. The van der Waals surface area contributed by atoms with Crippen LogP contribution in [0.4, 0.5) is 0 Å². The first kappa shape index (κ1) is 27.6. The van der Waals surface area contributed by atoms with E-state index in [1.807, 2.05) is 42.7 Å². The van der Waals surface area contributed by atoms with Crippen LogP contribution in [-0.4, -0.2) is 46.8 Å². The van der Waals surface area contributed by atoms with Gasteiger partial charge in [-0.15, -0.1) is 0 Å². The van der Waals surface area contributed by atoms with Gasteiger partial charge in [0.15, 0.2) is 0 Å². The van der Waals surface area contributed by atoms with Crippen LogP contribution in [0.25, 0.3) is 0 Å². The predicted molar refractivity (Wildman–Crippen MR) is 135 cm³/mol. The predicted octanol–water partition coefficient (Wildman–Crippen LogP) is 4.18. The molecule has 4 atom stereocenters. The first-order valence-corrected chi connectivity index (χ1v) is 13.0. The maximum Gasteiger partial charge on any atom is 0.326 e. The average molecular weight is 467 g/mol. The number of benzene rings is 1. The molecule has 0 saturated carbocycles. The number of rotatable bonds is 16. The van der Waals surface area contributed by atoms with Crippen molar-refractivity contribution >= 4 is 36.3 Å². The van der Waals surface area contributed by atoms with E-state index >= 15 is 0 Å². The molecule has 1 amide bonds. The number of thioether (sulfide) groups is 1. The van der Waals surface area contributed by atoms with Gasteiger partial charge in [0.25, 0.3) is 0 Å². The standard InChI is InChI=1S/C24H38N2O3S2/c1-3-7-18(11-13-21(25)17-30)10-12-20(16-19-8-5-4-6-9-19)23(27)26-22(24(28)29)14-15-31-2/h4-6,8-9,11,13,18,20-22,30H,3,7,10,12,14-17,25H2,1-2H3,(H,26,27)(H,28,29). The molecular weight excluding hydrogens is 428 g/mol. The van der Waals surface area contributed by atoms with Gasteiger partial charge < -0.3 is 16.2 Å². The number of carboxylic acid groups (broad SMARTS) is 1. The van der Waals surface area contributed by atoms with E-state index in [0.717, 1.165) is 24.8 Å². The Labute approximate surface area is 197 Å². The third-order valence-electron chi connectivity index (χ3n) is 5.31. The monoisotopic (exact) mass is 466 g/mol. The van der Waals surface area contributed by atoms with Crippen molar-refractivity contribution in [3.63, 3.8) is 0 Å². The van der Waals surface area contributed by atoms with E-state index in [1.54, 1.807) is 11.8 Å². The first-order chi connectivity index (χ1) is 14.9. The van der Waals surface area contributed by atoms with Gasteiger partial charge in [0.05, 0.1) is 0 Å². The summed E-state index contributed by atoms with van der Waals surface area (Å²) in [4.78, 5) is 24.7. The van der Waals surface area contributed by atoms with Crippen molar-refractivity contribution in [1.29, 1.82) is 0 Å². The normalized spacial score (nSPS) is 15.4. The van der Waals surface area contributed by atoms with E-state index < -0.39 is 12.0 Å². The van der Waals surface area contributed by atoms with Crippen molar-refractivity contribution < 1.29 is 14.7 Å². The molecule has 5 nitrogen and oxygen atoms in total. The van der Waals surface area contributed by atoms with Gasteiger partial charge in [-0.2, -0.15) is 24.4 Å². The Morgan fingerprint density at radius 2 is 1.87 bits per heavy atom. The van der Waals surface area contributed by atoms with E-state index in [9.17, 15) is 14.7 Å². The molecule has 0 bridgehead atoms. The van der Waals surface area contributed by atoms with Crippen molar-refractivity contribution in [2.24, 2.45) is 17.6 Å². The van der Waals surface area contributed by atoms with Gasteiger partial charge in [-0.05, 0) is 55.6 Å². The minimum atomic E-state index is -0.978. The van der Waals surface area contributed by atoms with Gasteiger partial charge in [-0.3, -0.25) is 4.79 Å². The molecule has 1 aromatic carbocycles. The molecular formula is C24H38N2O3S2. The van der Waals surface area contributed by atoms with E-state index in [1.165, 1.54) is 0 Å². The Bertz CT molecular complexity index is 670. The molecule has 0 aliphatic rings. The minimum absolute atomic E-state index is 0.0705. The van der Waals surface area contributed by atoms with Gasteiger partial charge in [-0.25, -0.2) is 4.79 Å². The molecule has 0 aliphatic heterocycles. The van der Waals surface area contributed by atoms with Crippen LogP contribution in [0.3, 0.4) is 0 Å². The number of aliphatic carboxylic acids is 1. The van der Waals surface area contributed by atoms with Crippen LogP contribution in [0.1, 0.15) is 44.6 Å². The first-order valence-electron chi connectivity index (χ1n) is 11.0. The second-order valence-electron chi connectivity index (χ2n) is 7.92. The highest BCUT2D eigenvalue weighted by Crippen LogP contribution is 2.22. The van der Waals surface area contributed by atoms with Crippen molar-refractivity contribution in [2.45, 2.75) is 57.5 Å². The highest BCUT2D eigenvalue weighted by Gasteiger charge is 2.25. The molecule has 4 N–H and O–H groups in total. The number of thiol groups is 1. The summed E-state index contributed by atoms with van der Waals surface area (Å²) in [5.74, 6) is 0.201. The lowest BCUT2D eigenvalue weighted by molar-refractivity contribution is -0.142.